The maximum absolute atomic E-state index is 13.1. The molecule has 0 saturated carbocycles. The molecule has 3 heteroatoms. The van der Waals surface area contributed by atoms with Crippen LogP contribution in [-0.2, 0) is 6.42 Å². The molecule has 1 heterocycles. The van der Waals surface area contributed by atoms with Gasteiger partial charge in [0.05, 0.1) is 0 Å². The highest BCUT2D eigenvalue weighted by atomic mass is 19.1. The highest BCUT2D eigenvalue weighted by Crippen LogP contribution is 2.25. The lowest BCUT2D eigenvalue weighted by Crippen LogP contribution is -2.39. The smallest absolute Gasteiger partial charge is 0.166 e. The second-order valence-electron chi connectivity index (χ2n) is 8.63. The van der Waals surface area contributed by atoms with Crippen molar-refractivity contribution in [3.63, 3.8) is 0 Å². The molecule has 2 nitrogen and oxygen atoms in total. The van der Waals surface area contributed by atoms with Crippen LogP contribution in [0.1, 0.15) is 49.0 Å². The Morgan fingerprint density at radius 2 is 1.68 bits per heavy atom. The van der Waals surface area contributed by atoms with Crippen molar-refractivity contribution in [2.24, 2.45) is 17.8 Å². The van der Waals surface area contributed by atoms with E-state index in [0.29, 0.717) is 17.4 Å². The third-order valence-corrected chi connectivity index (χ3v) is 5.78. The third kappa shape index (κ3) is 6.00. The summed E-state index contributed by atoms with van der Waals surface area (Å²) in [5.41, 5.74) is 2.05. The topological polar surface area (TPSA) is 20.3 Å². The van der Waals surface area contributed by atoms with Crippen LogP contribution in [0.2, 0.25) is 0 Å². The molecule has 1 atom stereocenters. The Morgan fingerprint density at radius 3 is 2.29 bits per heavy atom. The SMILES string of the molecule is CC(C)C[C@H](Cc1ccccc1)CN1CCC(C(=O)c2ccc(F)cc2)CC1. The van der Waals surface area contributed by atoms with E-state index in [2.05, 4.69) is 49.1 Å². The average molecular weight is 382 g/mol. The second kappa shape index (κ2) is 9.97. The fraction of sp³-hybridized carbons (Fsp3) is 0.480. The molecule has 28 heavy (non-hydrogen) atoms. The monoisotopic (exact) mass is 381 g/mol. The minimum Gasteiger partial charge on any atom is -0.303 e. The number of hydrogen-bond donors (Lipinski definition) is 0. The number of carbonyl (C=O) groups is 1. The fourth-order valence-corrected chi connectivity index (χ4v) is 4.43. The van der Waals surface area contributed by atoms with Gasteiger partial charge in [0.15, 0.2) is 5.78 Å². The van der Waals surface area contributed by atoms with Crippen molar-refractivity contribution in [1.29, 1.82) is 0 Å². The molecule has 0 radical (unpaired) electrons. The molecule has 0 amide bonds. The van der Waals surface area contributed by atoms with E-state index in [1.165, 1.54) is 24.1 Å². The summed E-state index contributed by atoms with van der Waals surface area (Å²) >= 11 is 0. The number of ketones is 1. The van der Waals surface area contributed by atoms with Gasteiger partial charge in [-0.3, -0.25) is 4.79 Å². The summed E-state index contributed by atoms with van der Waals surface area (Å²) in [6.45, 7) is 7.64. The second-order valence-corrected chi connectivity index (χ2v) is 8.63. The molecule has 1 aliphatic heterocycles. The Balaban J connectivity index is 1.53. The zero-order chi connectivity index (χ0) is 19.9. The van der Waals surface area contributed by atoms with Gasteiger partial charge in [0.1, 0.15) is 5.82 Å². The van der Waals surface area contributed by atoms with Gasteiger partial charge in [-0.05, 0) is 80.4 Å². The van der Waals surface area contributed by atoms with Crippen LogP contribution in [0.5, 0.6) is 0 Å². The summed E-state index contributed by atoms with van der Waals surface area (Å²) in [6, 6.07) is 16.7. The molecule has 1 fully saturated rings. The molecular weight excluding hydrogens is 349 g/mol. The summed E-state index contributed by atoms with van der Waals surface area (Å²) in [7, 11) is 0. The van der Waals surface area contributed by atoms with Crippen molar-refractivity contribution < 1.29 is 9.18 Å². The molecule has 1 aliphatic rings. The molecular formula is C25H32FNO. The van der Waals surface area contributed by atoms with Gasteiger partial charge >= 0.3 is 0 Å². The predicted octanol–water partition coefficient (Wildman–Crippen LogP) is 5.63. The van der Waals surface area contributed by atoms with E-state index in [1.807, 2.05) is 0 Å². The maximum atomic E-state index is 13.1. The predicted molar refractivity (Wildman–Crippen MR) is 113 cm³/mol. The Hall–Kier alpha value is -2.00. The number of benzene rings is 2. The highest BCUT2D eigenvalue weighted by Gasteiger charge is 2.27. The van der Waals surface area contributed by atoms with Crippen LogP contribution >= 0.6 is 0 Å². The molecule has 0 N–H and O–H groups in total. The number of nitrogens with zero attached hydrogens (tertiary/aromatic N) is 1. The lowest BCUT2D eigenvalue weighted by Gasteiger charge is -2.34. The lowest BCUT2D eigenvalue weighted by atomic mass is 9.87. The van der Waals surface area contributed by atoms with E-state index in [9.17, 15) is 9.18 Å². The lowest BCUT2D eigenvalue weighted by molar-refractivity contribution is 0.0822. The Kier molecular flexibility index (Phi) is 7.38. The summed E-state index contributed by atoms with van der Waals surface area (Å²) < 4.78 is 13.1. The normalized spacial score (nSPS) is 17.0. The van der Waals surface area contributed by atoms with Gasteiger partial charge < -0.3 is 4.90 Å². The molecule has 0 spiro atoms. The van der Waals surface area contributed by atoms with Crippen LogP contribution in [0.25, 0.3) is 0 Å². The summed E-state index contributed by atoms with van der Waals surface area (Å²) in [5.74, 6) is 1.28. The molecule has 0 aliphatic carbocycles. The van der Waals surface area contributed by atoms with Crippen molar-refractivity contribution in [2.45, 2.75) is 39.5 Å². The van der Waals surface area contributed by atoms with Gasteiger partial charge in [-0.15, -0.1) is 0 Å². The minimum atomic E-state index is -0.291. The Bertz CT molecular complexity index is 733. The summed E-state index contributed by atoms with van der Waals surface area (Å²) in [6.07, 6.45) is 4.14. The van der Waals surface area contributed by atoms with Crippen molar-refractivity contribution in [3.8, 4) is 0 Å². The number of carbonyl (C=O) groups excluding carboxylic acids is 1. The number of rotatable bonds is 8. The van der Waals surface area contributed by atoms with Crippen LogP contribution in [0.15, 0.2) is 54.6 Å². The zero-order valence-corrected chi connectivity index (χ0v) is 17.1. The molecule has 0 unspecified atom stereocenters. The first-order valence-electron chi connectivity index (χ1n) is 10.6. The summed E-state index contributed by atoms with van der Waals surface area (Å²) in [4.78, 5) is 15.2. The standard InChI is InChI=1S/C25H32FNO/c1-19(2)16-21(17-20-6-4-3-5-7-20)18-27-14-12-23(13-15-27)25(28)22-8-10-24(26)11-9-22/h3-11,19,21,23H,12-18H2,1-2H3/t21-/m1/s1. The molecule has 0 aromatic heterocycles. The van der Waals surface area contributed by atoms with Crippen LogP contribution in [0.4, 0.5) is 4.39 Å². The molecule has 0 bridgehead atoms. The molecule has 2 aromatic rings. The van der Waals surface area contributed by atoms with Crippen LogP contribution in [0.3, 0.4) is 0 Å². The van der Waals surface area contributed by atoms with Gasteiger partial charge in [0.25, 0.3) is 0 Å². The van der Waals surface area contributed by atoms with Crippen LogP contribution in [0, 0.1) is 23.6 Å². The Labute approximate surface area is 168 Å². The van der Waals surface area contributed by atoms with E-state index in [-0.39, 0.29) is 17.5 Å². The molecule has 3 rings (SSSR count). The quantitative estimate of drug-likeness (QED) is 0.553. The zero-order valence-electron chi connectivity index (χ0n) is 17.1. The van der Waals surface area contributed by atoms with E-state index in [1.54, 1.807) is 12.1 Å². The summed E-state index contributed by atoms with van der Waals surface area (Å²) in [5, 5.41) is 0. The number of Topliss-reactive ketones (excluding diaryl/α,β-unsaturated/α-hetero) is 1. The first-order valence-corrected chi connectivity index (χ1v) is 10.6. The number of halogens is 1. The molecule has 1 saturated heterocycles. The van der Waals surface area contributed by atoms with Crippen molar-refractivity contribution in [3.05, 3.63) is 71.5 Å². The van der Waals surface area contributed by atoms with Crippen molar-refractivity contribution in [2.75, 3.05) is 19.6 Å². The Morgan fingerprint density at radius 1 is 1.04 bits per heavy atom. The average Bonchev–Trinajstić information content (AvgIpc) is 2.69. The van der Waals surface area contributed by atoms with Gasteiger partial charge in [0, 0.05) is 18.0 Å². The van der Waals surface area contributed by atoms with E-state index < -0.39 is 0 Å². The van der Waals surface area contributed by atoms with Crippen molar-refractivity contribution >= 4 is 5.78 Å². The van der Waals surface area contributed by atoms with Crippen LogP contribution < -0.4 is 0 Å². The first kappa shape index (κ1) is 20.7. The third-order valence-electron chi connectivity index (χ3n) is 5.78. The molecule has 2 aromatic carbocycles. The van der Waals surface area contributed by atoms with Crippen molar-refractivity contribution in [1.82, 2.24) is 4.90 Å². The van der Waals surface area contributed by atoms with E-state index >= 15 is 0 Å². The minimum absolute atomic E-state index is 0.0689. The number of piperidine rings is 1. The van der Waals surface area contributed by atoms with E-state index in [4.69, 9.17) is 0 Å². The van der Waals surface area contributed by atoms with Gasteiger partial charge in [-0.2, -0.15) is 0 Å². The first-order chi connectivity index (χ1) is 13.5. The maximum Gasteiger partial charge on any atom is 0.166 e. The highest BCUT2D eigenvalue weighted by molar-refractivity contribution is 5.97. The van der Waals surface area contributed by atoms with Gasteiger partial charge in [-0.25, -0.2) is 4.39 Å². The van der Waals surface area contributed by atoms with Crippen LogP contribution in [-0.4, -0.2) is 30.3 Å². The van der Waals surface area contributed by atoms with Gasteiger partial charge in [-0.1, -0.05) is 44.2 Å². The number of likely N-dealkylation sites (tertiary alicyclic amines) is 1. The van der Waals surface area contributed by atoms with E-state index in [0.717, 1.165) is 38.9 Å². The molecule has 150 valence electrons. The number of hydrogen-bond acceptors (Lipinski definition) is 2. The fourth-order valence-electron chi connectivity index (χ4n) is 4.43. The van der Waals surface area contributed by atoms with Gasteiger partial charge in [0.2, 0.25) is 0 Å². The largest absolute Gasteiger partial charge is 0.303 e.